The van der Waals surface area contributed by atoms with Gasteiger partial charge in [-0.25, -0.2) is 0 Å². The lowest BCUT2D eigenvalue weighted by molar-refractivity contribution is -0.129. The van der Waals surface area contributed by atoms with Crippen LogP contribution in [0, 0.1) is 5.92 Å². The van der Waals surface area contributed by atoms with Crippen LogP contribution in [-0.2, 0) is 4.79 Å². The van der Waals surface area contributed by atoms with Gasteiger partial charge in [0.25, 0.3) is 0 Å². The Labute approximate surface area is 91.3 Å². The maximum absolute atomic E-state index is 11.6. The zero-order valence-corrected chi connectivity index (χ0v) is 9.84. The Balaban J connectivity index is 4.35. The summed E-state index contributed by atoms with van der Waals surface area (Å²) >= 11 is 5.60. The van der Waals surface area contributed by atoms with Gasteiger partial charge in [-0.05, 0) is 26.7 Å². The molecule has 0 heterocycles. The van der Waals surface area contributed by atoms with Crippen molar-refractivity contribution in [1.29, 1.82) is 0 Å². The summed E-state index contributed by atoms with van der Waals surface area (Å²) in [5, 5.41) is 0. The van der Waals surface area contributed by atoms with E-state index in [0.29, 0.717) is 6.42 Å². The molecule has 0 saturated carbocycles. The average molecular weight is 216 g/mol. The molecule has 0 radical (unpaired) electrons. The van der Waals surface area contributed by atoms with Gasteiger partial charge in [-0.3, -0.25) is 9.21 Å². The Hall–Kier alpha value is -0.760. The summed E-state index contributed by atoms with van der Waals surface area (Å²) in [7, 11) is 1.56. The highest BCUT2D eigenvalue weighted by Gasteiger charge is 2.18. The maximum atomic E-state index is 11.6. The molecule has 1 atom stereocenters. The van der Waals surface area contributed by atoms with Gasteiger partial charge in [0.1, 0.15) is 0 Å². The van der Waals surface area contributed by atoms with Gasteiger partial charge in [0.15, 0.2) is 0 Å². The van der Waals surface area contributed by atoms with Crippen molar-refractivity contribution in [1.82, 2.24) is 4.42 Å². The number of allylic oxidation sites excluding steroid dienone is 3. The van der Waals surface area contributed by atoms with E-state index < -0.39 is 0 Å². The molecule has 0 aliphatic heterocycles. The van der Waals surface area contributed by atoms with Crippen molar-refractivity contribution in [3.8, 4) is 0 Å². The number of carbonyl (C=O) groups excluding carboxylic acids is 1. The van der Waals surface area contributed by atoms with Crippen molar-refractivity contribution >= 4 is 17.7 Å². The second-order valence-electron chi connectivity index (χ2n) is 3.55. The third-order valence-corrected chi connectivity index (χ3v) is 2.08. The Morgan fingerprint density at radius 3 is 2.43 bits per heavy atom. The Morgan fingerprint density at radius 2 is 2.07 bits per heavy atom. The molecule has 0 spiro atoms. The predicted octanol–water partition coefficient (Wildman–Crippen LogP) is 3.15. The second-order valence-corrected chi connectivity index (χ2v) is 4.06. The van der Waals surface area contributed by atoms with E-state index in [-0.39, 0.29) is 11.8 Å². The van der Waals surface area contributed by atoms with E-state index in [1.807, 2.05) is 19.9 Å². The minimum Gasteiger partial charge on any atom is -0.273 e. The first-order valence-corrected chi connectivity index (χ1v) is 5.00. The monoisotopic (exact) mass is 215 g/mol. The van der Waals surface area contributed by atoms with E-state index in [4.69, 9.17) is 11.8 Å². The first-order valence-electron chi connectivity index (χ1n) is 4.66. The van der Waals surface area contributed by atoms with Gasteiger partial charge in [0.2, 0.25) is 5.91 Å². The van der Waals surface area contributed by atoms with Crippen molar-refractivity contribution in [2.75, 3.05) is 7.05 Å². The van der Waals surface area contributed by atoms with Crippen LogP contribution in [0.5, 0.6) is 0 Å². The topological polar surface area (TPSA) is 20.3 Å². The Morgan fingerprint density at radius 1 is 1.50 bits per heavy atom. The smallest absolute Gasteiger partial charge is 0.240 e. The van der Waals surface area contributed by atoms with Crippen molar-refractivity contribution in [2.24, 2.45) is 5.92 Å². The molecule has 2 nitrogen and oxygen atoms in total. The number of amides is 1. The molecule has 0 aromatic rings. The van der Waals surface area contributed by atoms with Gasteiger partial charge >= 0.3 is 0 Å². The van der Waals surface area contributed by atoms with Crippen LogP contribution in [-0.4, -0.2) is 17.4 Å². The highest BCUT2D eigenvalue weighted by molar-refractivity contribution is 6.21. The largest absolute Gasteiger partial charge is 0.273 e. The van der Waals surface area contributed by atoms with E-state index in [1.165, 1.54) is 5.57 Å². The van der Waals surface area contributed by atoms with Crippen LogP contribution in [0.25, 0.3) is 0 Å². The lowest BCUT2D eigenvalue weighted by Crippen LogP contribution is -2.25. The van der Waals surface area contributed by atoms with Crippen LogP contribution in [0.2, 0.25) is 0 Å². The lowest BCUT2D eigenvalue weighted by atomic mass is 9.99. The molecule has 0 aliphatic carbocycles. The van der Waals surface area contributed by atoms with Gasteiger partial charge in [-0.2, -0.15) is 0 Å². The van der Waals surface area contributed by atoms with Crippen LogP contribution in [0.3, 0.4) is 0 Å². The summed E-state index contributed by atoms with van der Waals surface area (Å²) in [5.74, 6) is -0.131. The van der Waals surface area contributed by atoms with Crippen LogP contribution in [0.15, 0.2) is 24.3 Å². The summed E-state index contributed by atoms with van der Waals surface area (Å²) < 4.78 is 1.12. The molecule has 0 aliphatic rings. The van der Waals surface area contributed by atoms with Crippen molar-refractivity contribution in [2.45, 2.75) is 26.7 Å². The fraction of sp³-hybridized carbons (Fsp3) is 0.545. The summed E-state index contributed by atoms with van der Waals surface area (Å²) in [6.07, 6.45) is 5.19. The number of carbonyl (C=O) groups is 1. The summed E-state index contributed by atoms with van der Waals surface area (Å²) in [4.78, 5) is 11.6. The van der Waals surface area contributed by atoms with Gasteiger partial charge in [0.05, 0.1) is 0 Å². The summed E-state index contributed by atoms with van der Waals surface area (Å²) in [6, 6.07) is 0. The number of hydrogen-bond acceptors (Lipinski definition) is 1. The molecule has 0 bridgehead atoms. The minimum absolute atomic E-state index is 0.0518. The van der Waals surface area contributed by atoms with Crippen LogP contribution >= 0.6 is 11.8 Å². The predicted molar refractivity (Wildman–Crippen MR) is 61.0 cm³/mol. The summed E-state index contributed by atoms with van der Waals surface area (Å²) in [6.45, 7) is 7.66. The molecule has 0 saturated heterocycles. The van der Waals surface area contributed by atoms with Crippen LogP contribution < -0.4 is 0 Å². The van der Waals surface area contributed by atoms with Crippen LogP contribution in [0.1, 0.15) is 26.7 Å². The van der Waals surface area contributed by atoms with E-state index in [2.05, 4.69) is 6.58 Å². The zero-order valence-electron chi connectivity index (χ0n) is 9.09. The van der Waals surface area contributed by atoms with E-state index in [0.717, 1.165) is 10.8 Å². The molecular weight excluding hydrogens is 198 g/mol. The first-order chi connectivity index (χ1) is 6.49. The van der Waals surface area contributed by atoms with Crippen molar-refractivity contribution in [3.05, 3.63) is 24.3 Å². The molecule has 1 amide bonds. The van der Waals surface area contributed by atoms with Gasteiger partial charge in [0, 0.05) is 24.7 Å². The quantitative estimate of drug-likeness (QED) is 0.510. The van der Waals surface area contributed by atoms with E-state index >= 15 is 0 Å². The number of nitrogens with zero attached hydrogens (tertiary/aromatic N) is 1. The van der Waals surface area contributed by atoms with Crippen molar-refractivity contribution < 1.29 is 4.79 Å². The average Bonchev–Trinajstić information content (AvgIpc) is 2.10. The SMILES string of the molecule is C=CCC(CC=C(C)C)C(=O)N(C)Cl. The molecule has 0 rings (SSSR count). The van der Waals surface area contributed by atoms with E-state index in [1.54, 1.807) is 13.1 Å². The molecule has 0 fully saturated rings. The molecule has 80 valence electrons. The van der Waals surface area contributed by atoms with Crippen LogP contribution in [0.4, 0.5) is 0 Å². The Bertz CT molecular complexity index is 229. The Kier molecular flexibility index (Phi) is 6.30. The molecule has 0 aromatic carbocycles. The van der Waals surface area contributed by atoms with Gasteiger partial charge in [-0.1, -0.05) is 17.7 Å². The number of hydrogen-bond donors (Lipinski definition) is 0. The fourth-order valence-corrected chi connectivity index (χ4v) is 1.27. The number of halogens is 1. The molecule has 0 aromatic heterocycles. The fourth-order valence-electron chi connectivity index (χ4n) is 1.13. The summed E-state index contributed by atoms with van der Waals surface area (Å²) in [5.41, 5.74) is 1.21. The highest BCUT2D eigenvalue weighted by Crippen LogP contribution is 2.15. The van der Waals surface area contributed by atoms with Crippen molar-refractivity contribution in [3.63, 3.8) is 0 Å². The molecule has 0 N–H and O–H groups in total. The van der Waals surface area contributed by atoms with Gasteiger partial charge < -0.3 is 0 Å². The first kappa shape index (κ1) is 13.2. The zero-order chi connectivity index (χ0) is 11.1. The second kappa shape index (κ2) is 6.66. The lowest BCUT2D eigenvalue weighted by Gasteiger charge is -2.15. The third kappa shape index (κ3) is 5.07. The number of rotatable bonds is 5. The van der Waals surface area contributed by atoms with E-state index in [9.17, 15) is 4.79 Å². The standard InChI is InChI=1S/C11H18ClNO/c1-5-6-10(8-7-9(2)3)11(14)13(4)12/h5,7,10H,1,6,8H2,2-4H3. The minimum atomic E-state index is -0.0788. The molecule has 1 unspecified atom stereocenters. The normalized spacial score (nSPS) is 11.7. The molecule has 3 heteroatoms. The van der Waals surface area contributed by atoms with Gasteiger partial charge in [-0.15, -0.1) is 6.58 Å². The maximum Gasteiger partial charge on any atom is 0.240 e. The molecule has 14 heavy (non-hydrogen) atoms. The highest BCUT2D eigenvalue weighted by atomic mass is 35.5. The third-order valence-electron chi connectivity index (χ3n) is 1.91. The molecular formula is C11H18ClNO.